The highest BCUT2D eigenvalue weighted by Crippen LogP contribution is 2.31. The van der Waals surface area contributed by atoms with Crippen molar-refractivity contribution in [2.75, 3.05) is 0 Å². The van der Waals surface area contributed by atoms with Crippen molar-refractivity contribution in [3.05, 3.63) is 47.4 Å². The predicted molar refractivity (Wildman–Crippen MR) is 69.5 cm³/mol. The molecule has 0 aliphatic heterocycles. The van der Waals surface area contributed by atoms with Crippen molar-refractivity contribution in [3.8, 4) is 0 Å². The Bertz CT molecular complexity index is 675. The van der Waals surface area contributed by atoms with Gasteiger partial charge in [0.15, 0.2) is 4.96 Å². The second kappa shape index (κ2) is 4.72. The van der Waals surface area contributed by atoms with Gasteiger partial charge in [-0.05, 0) is 24.3 Å². The van der Waals surface area contributed by atoms with Gasteiger partial charge in [0.1, 0.15) is 10.8 Å². The van der Waals surface area contributed by atoms with Gasteiger partial charge in [0.25, 0.3) is 0 Å². The van der Waals surface area contributed by atoms with E-state index >= 15 is 0 Å². The van der Waals surface area contributed by atoms with Gasteiger partial charge in [0.2, 0.25) is 0 Å². The van der Waals surface area contributed by atoms with Crippen LogP contribution in [0, 0.1) is 5.82 Å². The number of nitrogens with zero attached hydrogens (tertiary/aromatic N) is 2. The van der Waals surface area contributed by atoms with E-state index < -0.39 is 0 Å². The number of aliphatic hydroxyl groups is 1. The van der Waals surface area contributed by atoms with Crippen LogP contribution in [-0.4, -0.2) is 14.5 Å². The van der Waals surface area contributed by atoms with E-state index in [0.717, 1.165) is 20.6 Å². The number of benzene rings is 1. The fourth-order valence-electron chi connectivity index (χ4n) is 1.65. The molecule has 3 aromatic rings. The Hall–Kier alpha value is -1.37. The van der Waals surface area contributed by atoms with Crippen molar-refractivity contribution in [3.63, 3.8) is 0 Å². The lowest BCUT2D eigenvalue weighted by Crippen LogP contribution is -1.90. The molecule has 6 heteroatoms. The van der Waals surface area contributed by atoms with Crippen LogP contribution >= 0.6 is 23.1 Å². The minimum atomic E-state index is -0.257. The molecular weight excluding hydrogens is 271 g/mol. The molecule has 3 nitrogen and oxygen atoms in total. The third kappa shape index (κ3) is 2.03. The Labute approximate surface area is 111 Å². The number of hydrogen-bond acceptors (Lipinski definition) is 4. The maximum Gasteiger partial charge on any atom is 0.195 e. The summed E-state index contributed by atoms with van der Waals surface area (Å²) in [5, 5.41) is 12.1. The van der Waals surface area contributed by atoms with Crippen LogP contribution in [0.1, 0.15) is 5.69 Å². The van der Waals surface area contributed by atoms with Crippen LogP contribution in [0.3, 0.4) is 0 Å². The van der Waals surface area contributed by atoms with Crippen molar-refractivity contribution in [1.82, 2.24) is 9.38 Å². The van der Waals surface area contributed by atoms with E-state index in [9.17, 15) is 9.50 Å². The molecule has 0 radical (unpaired) electrons. The number of hydrogen-bond donors (Lipinski definition) is 1. The molecule has 3 rings (SSSR count). The molecule has 18 heavy (non-hydrogen) atoms. The minimum Gasteiger partial charge on any atom is -0.390 e. The predicted octanol–water partition coefficient (Wildman–Crippen LogP) is 3.18. The summed E-state index contributed by atoms with van der Waals surface area (Å²) in [6.07, 6.45) is 1.88. The Kier molecular flexibility index (Phi) is 3.07. The summed E-state index contributed by atoms with van der Waals surface area (Å²) in [4.78, 5) is 6.20. The van der Waals surface area contributed by atoms with E-state index in [1.807, 2.05) is 16.0 Å². The molecule has 1 N–H and O–H groups in total. The molecule has 0 saturated heterocycles. The number of halogens is 1. The van der Waals surface area contributed by atoms with Gasteiger partial charge in [0.05, 0.1) is 12.3 Å². The van der Waals surface area contributed by atoms with Gasteiger partial charge in [-0.2, -0.15) is 0 Å². The van der Waals surface area contributed by atoms with Gasteiger partial charge >= 0.3 is 0 Å². The second-order valence-electron chi connectivity index (χ2n) is 3.63. The third-order valence-electron chi connectivity index (χ3n) is 2.50. The minimum absolute atomic E-state index is 0.0680. The van der Waals surface area contributed by atoms with Crippen molar-refractivity contribution in [1.29, 1.82) is 0 Å². The Morgan fingerprint density at radius 3 is 2.83 bits per heavy atom. The van der Waals surface area contributed by atoms with Gasteiger partial charge in [-0.1, -0.05) is 11.8 Å². The summed E-state index contributed by atoms with van der Waals surface area (Å²) < 4.78 is 14.7. The quantitative estimate of drug-likeness (QED) is 0.800. The summed E-state index contributed by atoms with van der Waals surface area (Å²) >= 11 is 2.94. The zero-order valence-electron chi connectivity index (χ0n) is 9.21. The first-order valence-corrected chi connectivity index (χ1v) is 6.96. The average molecular weight is 280 g/mol. The zero-order chi connectivity index (χ0) is 12.5. The number of imidazole rings is 1. The largest absolute Gasteiger partial charge is 0.390 e. The van der Waals surface area contributed by atoms with Crippen LogP contribution < -0.4 is 0 Å². The lowest BCUT2D eigenvalue weighted by molar-refractivity contribution is 0.272. The number of fused-ring (bicyclic) bond motifs is 1. The molecule has 0 amide bonds. The Morgan fingerprint density at radius 1 is 1.33 bits per heavy atom. The van der Waals surface area contributed by atoms with Crippen molar-refractivity contribution < 1.29 is 9.50 Å². The number of thiazole rings is 1. The van der Waals surface area contributed by atoms with Crippen molar-refractivity contribution in [2.24, 2.45) is 0 Å². The fourth-order valence-corrected chi connectivity index (χ4v) is 3.35. The summed E-state index contributed by atoms with van der Waals surface area (Å²) in [7, 11) is 0. The molecule has 0 bridgehead atoms. The first kappa shape index (κ1) is 11.7. The molecule has 0 spiro atoms. The summed E-state index contributed by atoms with van der Waals surface area (Å²) in [6, 6.07) is 6.24. The summed E-state index contributed by atoms with van der Waals surface area (Å²) in [5.41, 5.74) is 0.764. The van der Waals surface area contributed by atoms with Crippen molar-refractivity contribution in [2.45, 2.75) is 16.5 Å². The highest BCUT2D eigenvalue weighted by atomic mass is 32.2. The zero-order valence-corrected chi connectivity index (χ0v) is 10.8. The lowest BCUT2D eigenvalue weighted by atomic mass is 10.4. The van der Waals surface area contributed by atoms with Crippen LogP contribution in [0.15, 0.2) is 45.8 Å². The van der Waals surface area contributed by atoms with Gasteiger partial charge < -0.3 is 5.11 Å². The monoisotopic (exact) mass is 280 g/mol. The van der Waals surface area contributed by atoms with E-state index in [1.165, 1.54) is 35.2 Å². The molecule has 0 fully saturated rings. The van der Waals surface area contributed by atoms with Crippen LogP contribution in [-0.2, 0) is 6.61 Å². The molecule has 0 unspecified atom stereocenters. The van der Waals surface area contributed by atoms with Crippen LogP contribution in [0.5, 0.6) is 0 Å². The third-order valence-corrected chi connectivity index (χ3v) is 4.29. The smallest absolute Gasteiger partial charge is 0.195 e. The normalized spacial score (nSPS) is 11.2. The summed E-state index contributed by atoms with van der Waals surface area (Å²) in [6.45, 7) is -0.0680. The van der Waals surface area contributed by atoms with E-state index in [-0.39, 0.29) is 12.4 Å². The molecule has 92 valence electrons. The second-order valence-corrected chi connectivity index (χ2v) is 5.57. The first-order valence-electron chi connectivity index (χ1n) is 5.26. The molecule has 0 aliphatic rings. The van der Waals surface area contributed by atoms with E-state index in [1.54, 1.807) is 12.1 Å². The Morgan fingerprint density at radius 2 is 2.11 bits per heavy atom. The molecule has 0 atom stereocenters. The number of aromatic nitrogens is 2. The first-order chi connectivity index (χ1) is 8.78. The van der Waals surface area contributed by atoms with Crippen molar-refractivity contribution >= 4 is 28.1 Å². The van der Waals surface area contributed by atoms with E-state index in [2.05, 4.69) is 4.98 Å². The highest BCUT2D eigenvalue weighted by molar-refractivity contribution is 7.99. The van der Waals surface area contributed by atoms with Crippen LogP contribution in [0.2, 0.25) is 0 Å². The number of aliphatic hydroxyl groups excluding tert-OH is 1. The van der Waals surface area contributed by atoms with Gasteiger partial charge in [-0.3, -0.25) is 4.40 Å². The van der Waals surface area contributed by atoms with E-state index in [0.29, 0.717) is 0 Å². The standard InChI is InChI=1S/C12H9FN2OS2/c13-8-1-3-9(4-2-8)18-11-10(7-16)15-5-6-17-12(15)14-11/h1-6,16H,7H2. The van der Waals surface area contributed by atoms with Crippen LogP contribution in [0.4, 0.5) is 4.39 Å². The van der Waals surface area contributed by atoms with E-state index in [4.69, 9.17) is 0 Å². The van der Waals surface area contributed by atoms with Gasteiger partial charge in [-0.15, -0.1) is 11.3 Å². The fraction of sp³-hybridized carbons (Fsp3) is 0.0833. The Balaban J connectivity index is 1.98. The van der Waals surface area contributed by atoms with Gasteiger partial charge in [-0.25, -0.2) is 9.37 Å². The number of rotatable bonds is 3. The maximum absolute atomic E-state index is 12.8. The highest BCUT2D eigenvalue weighted by Gasteiger charge is 2.13. The molecular formula is C12H9FN2OS2. The molecule has 2 heterocycles. The average Bonchev–Trinajstić information content (AvgIpc) is 2.92. The van der Waals surface area contributed by atoms with Gasteiger partial charge in [0, 0.05) is 16.5 Å². The molecule has 2 aromatic heterocycles. The SMILES string of the molecule is OCc1c(Sc2ccc(F)cc2)nc2sccn12. The lowest BCUT2D eigenvalue weighted by Gasteiger charge is -2.00. The topological polar surface area (TPSA) is 37.5 Å². The molecule has 1 aromatic carbocycles. The van der Waals surface area contributed by atoms with Crippen LogP contribution in [0.25, 0.3) is 4.96 Å². The molecule has 0 aliphatic carbocycles. The maximum atomic E-state index is 12.8. The molecule has 0 saturated carbocycles. The summed E-state index contributed by atoms with van der Waals surface area (Å²) in [5.74, 6) is -0.257.